The fraction of sp³-hybridized carbons (Fsp3) is 0.500. The number of carbonyl (C=O) groups excluding carboxylic acids is 1. The van der Waals surface area contributed by atoms with Gasteiger partial charge >= 0.3 is 0 Å². The van der Waals surface area contributed by atoms with Gasteiger partial charge in [0.2, 0.25) is 0 Å². The van der Waals surface area contributed by atoms with E-state index in [4.69, 9.17) is 5.11 Å². The van der Waals surface area contributed by atoms with E-state index in [9.17, 15) is 4.79 Å². The van der Waals surface area contributed by atoms with Gasteiger partial charge in [0.05, 0.1) is 0 Å². The summed E-state index contributed by atoms with van der Waals surface area (Å²) >= 11 is 0. The van der Waals surface area contributed by atoms with Gasteiger partial charge in [-0.15, -0.1) is 0 Å². The first-order valence-corrected chi connectivity index (χ1v) is 6.06. The van der Waals surface area contributed by atoms with E-state index >= 15 is 0 Å². The number of ketones is 1. The lowest BCUT2D eigenvalue weighted by atomic mass is 9.97. The van der Waals surface area contributed by atoms with Crippen LogP contribution >= 0.6 is 0 Å². The zero-order valence-corrected chi connectivity index (χ0v) is 9.48. The third-order valence-electron chi connectivity index (χ3n) is 3.33. The number of fused-ring (bicyclic) bond motifs is 1. The minimum atomic E-state index is 0.191. The molecule has 0 heterocycles. The summed E-state index contributed by atoms with van der Waals surface area (Å²) in [7, 11) is 0. The van der Waals surface area contributed by atoms with E-state index in [1.54, 1.807) is 0 Å². The summed E-state index contributed by atoms with van der Waals surface area (Å²) in [6.45, 7) is 0.263. The van der Waals surface area contributed by atoms with Gasteiger partial charge in [-0.3, -0.25) is 4.79 Å². The third kappa shape index (κ3) is 2.33. The summed E-state index contributed by atoms with van der Waals surface area (Å²) < 4.78 is 0. The number of aliphatic hydroxyl groups excluding tert-OH is 1. The van der Waals surface area contributed by atoms with Crippen LogP contribution in [-0.2, 0) is 6.42 Å². The molecular weight excluding hydrogens is 200 g/mol. The minimum Gasteiger partial charge on any atom is -0.396 e. The molecule has 0 saturated heterocycles. The lowest BCUT2D eigenvalue weighted by Crippen LogP contribution is -2.08. The Morgan fingerprint density at radius 2 is 2.00 bits per heavy atom. The quantitative estimate of drug-likeness (QED) is 0.771. The Kier molecular flexibility index (Phi) is 3.73. The fourth-order valence-electron chi connectivity index (χ4n) is 2.43. The molecule has 2 rings (SSSR count). The SMILES string of the molecule is O=C1c2ccccc2CC1CCCCCO. The summed E-state index contributed by atoms with van der Waals surface area (Å²) in [6, 6.07) is 7.93. The molecule has 2 nitrogen and oxygen atoms in total. The number of benzene rings is 1. The standard InChI is InChI=1S/C14H18O2/c15-9-5-1-2-7-12-10-11-6-3-4-8-13(11)14(12)16/h3-4,6,8,12,15H,1-2,5,7,9-10H2. The van der Waals surface area contributed by atoms with Crippen molar-refractivity contribution >= 4 is 5.78 Å². The van der Waals surface area contributed by atoms with Crippen LogP contribution in [0, 0.1) is 5.92 Å². The van der Waals surface area contributed by atoms with Crippen LogP contribution < -0.4 is 0 Å². The summed E-state index contributed by atoms with van der Waals surface area (Å²) in [5.41, 5.74) is 2.13. The van der Waals surface area contributed by atoms with Crippen molar-refractivity contribution in [3.8, 4) is 0 Å². The topological polar surface area (TPSA) is 37.3 Å². The molecule has 1 aliphatic carbocycles. The number of unbranched alkanes of at least 4 members (excludes halogenated alkanes) is 2. The minimum absolute atomic E-state index is 0.191. The molecule has 0 spiro atoms. The fourth-order valence-corrected chi connectivity index (χ4v) is 2.43. The van der Waals surface area contributed by atoms with Crippen molar-refractivity contribution in [3.05, 3.63) is 35.4 Å². The van der Waals surface area contributed by atoms with Gasteiger partial charge in [-0.1, -0.05) is 37.1 Å². The predicted octanol–water partition coefficient (Wildman–Crippen LogP) is 2.59. The van der Waals surface area contributed by atoms with Gasteiger partial charge in [-0.05, 0) is 24.8 Å². The highest BCUT2D eigenvalue weighted by atomic mass is 16.2. The Morgan fingerprint density at radius 3 is 2.75 bits per heavy atom. The normalized spacial score (nSPS) is 18.8. The van der Waals surface area contributed by atoms with Crippen molar-refractivity contribution in [1.82, 2.24) is 0 Å². The van der Waals surface area contributed by atoms with Gasteiger partial charge in [0, 0.05) is 18.1 Å². The number of Topliss-reactive ketones (excluding diaryl/α,β-unsaturated/α-hetero) is 1. The number of aliphatic hydroxyl groups is 1. The van der Waals surface area contributed by atoms with E-state index in [2.05, 4.69) is 6.07 Å². The second-order valence-corrected chi connectivity index (χ2v) is 4.50. The van der Waals surface area contributed by atoms with Crippen LogP contribution in [0.15, 0.2) is 24.3 Å². The Balaban J connectivity index is 1.89. The van der Waals surface area contributed by atoms with E-state index in [1.165, 1.54) is 5.56 Å². The molecular formula is C14H18O2. The van der Waals surface area contributed by atoms with Crippen molar-refractivity contribution in [3.63, 3.8) is 0 Å². The zero-order valence-electron chi connectivity index (χ0n) is 9.48. The number of rotatable bonds is 5. The highest BCUT2D eigenvalue weighted by Gasteiger charge is 2.29. The molecule has 0 aromatic heterocycles. The molecule has 0 fully saturated rings. The van der Waals surface area contributed by atoms with Crippen LogP contribution in [0.5, 0.6) is 0 Å². The van der Waals surface area contributed by atoms with Crippen LogP contribution in [-0.4, -0.2) is 17.5 Å². The smallest absolute Gasteiger partial charge is 0.166 e. The van der Waals surface area contributed by atoms with Gasteiger partial charge in [0.1, 0.15) is 0 Å². The maximum absolute atomic E-state index is 12.0. The average Bonchev–Trinajstić information content (AvgIpc) is 2.63. The molecule has 1 aliphatic rings. The molecule has 0 amide bonds. The number of hydrogen-bond acceptors (Lipinski definition) is 2. The maximum atomic E-state index is 12.0. The number of carbonyl (C=O) groups is 1. The lowest BCUT2D eigenvalue weighted by Gasteiger charge is -2.06. The van der Waals surface area contributed by atoms with Gasteiger partial charge in [-0.25, -0.2) is 0 Å². The Hall–Kier alpha value is -1.15. The van der Waals surface area contributed by atoms with Gasteiger partial charge in [-0.2, -0.15) is 0 Å². The van der Waals surface area contributed by atoms with E-state index < -0.39 is 0 Å². The Labute approximate surface area is 96.3 Å². The largest absolute Gasteiger partial charge is 0.396 e. The predicted molar refractivity (Wildman–Crippen MR) is 63.5 cm³/mol. The van der Waals surface area contributed by atoms with Crippen LogP contribution in [0.3, 0.4) is 0 Å². The van der Waals surface area contributed by atoms with Crippen LogP contribution in [0.25, 0.3) is 0 Å². The van der Waals surface area contributed by atoms with Gasteiger partial charge < -0.3 is 5.11 Å². The highest BCUT2D eigenvalue weighted by molar-refractivity contribution is 6.02. The summed E-state index contributed by atoms with van der Waals surface area (Å²) in [5.74, 6) is 0.510. The molecule has 0 aliphatic heterocycles. The monoisotopic (exact) mass is 218 g/mol. The van der Waals surface area contributed by atoms with Crippen molar-refractivity contribution in [2.24, 2.45) is 5.92 Å². The second kappa shape index (κ2) is 5.26. The first-order chi connectivity index (χ1) is 7.83. The van der Waals surface area contributed by atoms with Crippen molar-refractivity contribution in [1.29, 1.82) is 0 Å². The van der Waals surface area contributed by atoms with Crippen molar-refractivity contribution in [2.45, 2.75) is 32.1 Å². The molecule has 0 radical (unpaired) electrons. The van der Waals surface area contributed by atoms with E-state index in [0.29, 0.717) is 5.78 Å². The van der Waals surface area contributed by atoms with Crippen LogP contribution in [0.4, 0.5) is 0 Å². The molecule has 16 heavy (non-hydrogen) atoms. The third-order valence-corrected chi connectivity index (χ3v) is 3.33. The lowest BCUT2D eigenvalue weighted by molar-refractivity contribution is 0.0929. The van der Waals surface area contributed by atoms with Crippen LogP contribution in [0.1, 0.15) is 41.6 Å². The molecule has 0 bridgehead atoms. The molecule has 1 aromatic rings. The summed E-state index contributed by atoms with van der Waals surface area (Å²) in [5, 5.41) is 8.69. The van der Waals surface area contributed by atoms with Gasteiger partial charge in [0.15, 0.2) is 5.78 Å². The second-order valence-electron chi connectivity index (χ2n) is 4.50. The summed E-state index contributed by atoms with van der Waals surface area (Å²) in [4.78, 5) is 12.0. The molecule has 0 saturated carbocycles. The zero-order chi connectivity index (χ0) is 11.4. The molecule has 1 aromatic carbocycles. The Morgan fingerprint density at radius 1 is 1.19 bits per heavy atom. The molecule has 1 N–H and O–H groups in total. The van der Waals surface area contributed by atoms with E-state index in [-0.39, 0.29) is 12.5 Å². The van der Waals surface area contributed by atoms with E-state index in [0.717, 1.165) is 37.7 Å². The first kappa shape index (κ1) is 11.3. The van der Waals surface area contributed by atoms with Crippen molar-refractivity contribution < 1.29 is 9.90 Å². The van der Waals surface area contributed by atoms with E-state index in [1.807, 2.05) is 18.2 Å². The summed E-state index contributed by atoms with van der Waals surface area (Å²) in [6.07, 6.45) is 4.80. The van der Waals surface area contributed by atoms with Gasteiger partial charge in [0.25, 0.3) is 0 Å². The first-order valence-electron chi connectivity index (χ1n) is 6.06. The molecule has 1 unspecified atom stereocenters. The average molecular weight is 218 g/mol. The highest BCUT2D eigenvalue weighted by Crippen LogP contribution is 2.29. The number of hydrogen-bond donors (Lipinski definition) is 1. The molecule has 86 valence electrons. The Bertz CT molecular complexity index is 371. The van der Waals surface area contributed by atoms with Crippen molar-refractivity contribution in [2.75, 3.05) is 6.61 Å². The molecule has 2 heteroatoms. The maximum Gasteiger partial charge on any atom is 0.166 e. The molecule has 1 atom stereocenters. The van der Waals surface area contributed by atoms with Crippen LogP contribution in [0.2, 0.25) is 0 Å².